The molecule has 0 heterocycles. The molecule has 0 bridgehead atoms. The molecule has 3 aromatic rings. The highest BCUT2D eigenvalue weighted by molar-refractivity contribution is 5.67. The lowest BCUT2D eigenvalue weighted by Gasteiger charge is -2.19. The van der Waals surface area contributed by atoms with E-state index in [1.54, 1.807) is 18.2 Å². The Balaban J connectivity index is 1.45. The van der Waals surface area contributed by atoms with Crippen molar-refractivity contribution < 1.29 is 13.2 Å². The van der Waals surface area contributed by atoms with Crippen LogP contribution in [0, 0.1) is 23.4 Å². The molecule has 0 N–H and O–H groups in total. The molecular formula is C29H29F3. The summed E-state index contributed by atoms with van der Waals surface area (Å²) in [6.07, 6.45) is 6.57. The van der Waals surface area contributed by atoms with Gasteiger partial charge < -0.3 is 0 Å². The van der Waals surface area contributed by atoms with Crippen molar-refractivity contribution in [2.75, 3.05) is 0 Å². The average molecular weight is 435 g/mol. The van der Waals surface area contributed by atoms with Gasteiger partial charge in [-0.2, -0.15) is 0 Å². The first-order chi connectivity index (χ1) is 15.5. The molecule has 0 fully saturated rings. The minimum absolute atomic E-state index is 0.225. The van der Waals surface area contributed by atoms with Gasteiger partial charge in [-0.25, -0.2) is 13.2 Å². The summed E-state index contributed by atoms with van der Waals surface area (Å²) in [5.74, 6) is -1.09. The van der Waals surface area contributed by atoms with Crippen LogP contribution in [-0.2, 0) is 19.3 Å². The zero-order chi connectivity index (χ0) is 22.7. The van der Waals surface area contributed by atoms with Crippen LogP contribution in [0.4, 0.5) is 13.2 Å². The molecule has 4 rings (SSSR count). The number of benzene rings is 3. The topological polar surface area (TPSA) is 0 Å². The molecule has 0 saturated carbocycles. The molecule has 166 valence electrons. The van der Waals surface area contributed by atoms with Crippen molar-refractivity contribution in [3.05, 3.63) is 100 Å². The van der Waals surface area contributed by atoms with Gasteiger partial charge >= 0.3 is 0 Å². The van der Waals surface area contributed by atoms with Crippen LogP contribution in [0.3, 0.4) is 0 Å². The first kappa shape index (κ1) is 22.4. The first-order valence-corrected chi connectivity index (χ1v) is 11.5. The molecule has 0 aromatic heterocycles. The molecule has 3 aromatic carbocycles. The number of hydrogen-bond acceptors (Lipinski definition) is 0. The van der Waals surface area contributed by atoms with Crippen LogP contribution in [0.1, 0.15) is 55.4 Å². The summed E-state index contributed by atoms with van der Waals surface area (Å²) in [5.41, 5.74) is 5.07. The molecule has 1 atom stereocenters. The Morgan fingerprint density at radius 1 is 0.812 bits per heavy atom. The normalized spacial score (nSPS) is 16.2. The maximum absolute atomic E-state index is 14.8. The van der Waals surface area contributed by atoms with Crippen molar-refractivity contribution in [2.45, 2.75) is 52.4 Å². The molecule has 1 aliphatic carbocycles. The van der Waals surface area contributed by atoms with E-state index in [0.29, 0.717) is 35.4 Å². The average Bonchev–Trinajstić information content (AvgIpc) is 2.81. The predicted molar refractivity (Wildman–Crippen MR) is 126 cm³/mol. The SMILES string of the molecule is CCc1ccc(-c2ccc(CCc3ccc(C4=CCC(C)CC4)c(F)c3F)cc2)c(F)c1. The van der Waals surface area contributed by atoms with Gasteiger partial charge in [-0.1, -0.05) is 68.5 Å². The van der Waals surface area contributed by atoms with Gasteiger partial charge in [0.1, 0.15) is 5.82 Å². The van der Waals surface area contributed by atoms with E-state index < -0.39 is 11.6 Å². The maximum Gasteiger partial charge on any atom is 0.166 e. The first-order valence-electron chi connectivity index (χ1n) is 11.5. The molecule has 0 saturated heterocycles. The molecule has 1 aliphatic rings. The standard InChI is InChI=1S/C29H29F3/c1-3-20-9-16-25(27(30)18-20)22-12-6-21(7-13-22)8-14-24-15-17-26(29(32)28(24)31)23-10-4-19(2)5-11-23/h6-7,9-10,12-13,15-19H,3-5,8,11,14H2,1-2H3. The smallest absolute Gasteiger partial charge is 0.166 e. The minimum Gasteiger partial charge on any atom is -0.206 e. The highest BCUT2D eigenvalue weighted by atomic mass is 19.2. The molecule has 0 amide bonds. The third-order valence-corrected chi connectivity index (χ3v) is 6.57. The fourth-order valence-electron chi connectivity index (χ4n) is 4.38. The lowest BCUT2D eigenvalue weighted by atomic mass is 9.87. The summed E-state index contributed by atoms with van der Waals surface area (Å²) in [5, 5.41) is 0. The van der Waals surface area contributed by atoms with Gasteiger partial charge in [0.25, 0.3) is 0 Å². The number of aryl methyl sites for hydroxylation is 3. The maximum atomic E-state index is 14.8. The highest BCUT2D eigenvalue weighted by Crippen LogP contribution is 2.33. The van der Waals surface area contributed by atoms with Gasteiger partial charge in [0, 0.05) is 11.1 Å². The Hall–Kier alpha value is -2.81. The fraction of sp³-hybridized carbons (Fsp3) is 0.310. The molecule has 0 radical (unpaired) electrons. The summed E-state index contributed by atoms with van der Waals surface area (Å²) in [6, 6.07) is 16.4. The van der Waals surface area contributed by atoms with Crippen molar-refractivity contribution in [3.8, 4) is 11.1 Å². The van der Waals surface area contributed by atoms with Gasteiger partial charge in [0.2, 0.25) is 0 Å². The van der Waals surface area contributed by atoms with Crippen LogP contribution >= 0.6 is 0 Å². The van der Waals surface area contributed by atoms with E-state index in [9.17, 15) is 13.2 Å². The largest absolute Gasteiger partial charge is 0.206 e. The van der Waals surface area contributed by atoms with Crippen molar-refractivity contribution in [1.82, 2.24) is 0 Å². The second-order valence-electron chi connectivity index (χ2n) is 8.87. The Morgan fingerprint density at radius 3 is 2.19 bits per heavy atom. The van der Waals surface area contributed by atoms with Gasteiger partial charge in [0.15, 0.2) is 11.6 Å². The van der Waals surface area contributed by atoms with Crippen molar-refractivity contribution >= 4 is 5.57 Å². The van der Waals surface area contributed by atoms with E-state index in [1.165, 1.54) is 0 Å². The van der Waals surface area contributed by atoms with E-state index in [-0.39, 0.29) is 5.82 Å². The number of allylic oxidation sites excluding steroid dienone is 2. The van der Waals surface area contributed by atoms with Crippen LogP contribution in [-0.4, -0.2) is 0 Å². The molecule has 32 heavy (non-hydrogen) atoms. The van der Waals surface area contributed by atoms with E-state index in [4.69, 9.17) is 0 Å². The summed E-state index contributed by atoms with van der Waals surface area (Å²) in [4.78, 5) is 0. The Labute approximate surface area is 188 Å². The van der Waals surface area contributed by atoms with Crippen molar-refractivity contribution in [1.29, 1.82) is 0 Å². The predicted octanol–water partition coefficient (Wildman–Crippen LogP) is 8.32. The lowest BCUT2D eigenvalue weighted by Crippen LogP contribution is -2.05. The summed E-state index contributed by atoms with van der Waals surface area (Å²) in [6.45, 7) is 4.18. The summed E-state index contributed by atoms with van der Waals surface area (Å²) >= 11 is 0. The van der Waals surface area contributed by atoms with Crippen molar-refractivity contribution in [2.24, 2.45) is 5.92 Å². The molecule has 3 heteroatoms. The highest BCUT2D eigenvalue weighted by Gasteiger charge is 2.19. The third-order valence-electron chi connectivity index (χ3n) is 6.57. The lowest BCUT2D eigenvalue weighted by molar-refractivity contribution is 0.492. The van der Waals surface area contributed by atoms with Crippen molar-refractivity contribution in [3.63, 3.8) is 0 Å². The molecular weight excluding hydrogens is 405 g/mol. The third kappa shape index (κ3) is 4.82. The quantitative estimate of drug-likeness (QED) is 0.366. The van der Waals surface area contributed by atoms with Crippen LogP contribution < -0.4 is 0 Å². The van der Waals surface area contributed by atoms with E-state index in [0.717, 1.165) is 47.9 Å². The van der Waals surface area contributed by atoms with Crippen LogP contribution in [0.5, 0.6) is 0 Å². The van der Waals surface area contributed by atoms with E-state index in [2.05, 4.69) is 6.92 Å². The fourth-order valence-corrected chi connectivity index (χ4v) is 4.38. The van der Waals surface area contributed by atoms with E-state index >= 15 is 0 Å². The number of halogens is 3. The zero-order valence-electron chi connectivity index (χ0n) is 18.7. The molecule has 0 nitrogen and oxygen atoms in total. The summed E-state index contributed by atoms with van der Waals surface area (Å²) in [7, 11) is 0. The monoisotopic (exact) mass is 434 g/mol. The second kappa shape index (κ2) is 9.77. The number of rotatable bonds is 6. The Kier molecular flexibility index (Phi) is 6.83. The van der Waals surface area contributed by atoms with Crippen LogP contribution in [0.25, 0.3) is 16.7 Å². The van der Waals surface area contributed by atoms with Gasteiger partial charge in [-0.3, -0.25) is 0 Å². The molecule has 0 spiro atoms. The van der Waals surface area contributed by atoms with Crippen LogP contribution in [0.15, 0.2) is 60.7 Å². The van der Waals surface area contributed by atoms with Gasteiger partial charge in [-0.15, -0.1) is 0 Å². The second-order valence-corrected chi connectivity index (χ2v) is 8.87. The molecule has 1 unspecified atom stereocenters. The molecule has 0 aliphatic heterocycles. The minimum atomic E-state index is -0.739. The summed E-state index contributed by atoms with van der Waals surface area (Å²) < 4.78 is 43.9. The van der Waals surface area contributed by atoms with Gasteiger partial charge in [0.05, 0.1) is 0 Å². The van der Waals surface area contributed by atoms with Crippen LogP contribution in [0.2, 0.25) is 0 Å². The zero-order valence-corrected chi connectivity index (χ0v) is 18.7. The van der Waals surface area contributed by atoms with Gasteiger partial charge in [-0.05, 0) is 78.3 Å². The number of hydrogen-bond donors (Lipinski definition) is 0. The Morgan fingerprint density at radius 2 is 1.53 bits per heavy atom. The van der Waals surface area contributed by atoms with E-state index in [1.807, 2.05) is 49.4 Å². The Bertz CT molecular complexity index is 1130.